The maximum atomic E-state index is 11.6. The van der Waals surface area contributed by atoms with Crippen molar-refractivity contribution in [3.63, 3.8) is 0 Å². The highest BCUT2D eigenvalue weighted by Crippen LogP contribution is 2.21. The SMILES string of the molecule is CCCNC(CCCS(=O)(=O)CC)c1ncccc1CC. The van der Waals surface area contributed by atoms with Gasteiger partial charge in [0.05, 0.1) is 11.4 Å². The van der Waals surface area contributed by atoms with Gasteiger partial charge in [-0.3, -0.25) is 4.98 Å². The smallest absolute Gasteiger partial charge is 0.150 e. The largest absolute Gasteiger partial charge is 0.309 e. The molecule has 1 rings (SSSR count). The fourth-order valence-corrected chi connectivity index (χ4v) is 3.26. The Labute approximate surface area is 129 Å². The third-order valence-corrected chi connectivity index (χ3v) is 5.46. The average Bonchev–Trinajstić information content (AvgIpc) is 2.50. The zero-order valence-electron chi connectivity index (χ0n) is 13.4. The predicted octanol–water partition coefficient (Wildman–Crippen LogP) is 2.90. The maximum Gasteiger partial charge on any atom is 0.150 e. The van der Waals surface area contributed by atoms with Gasteiger partial charge in [0.1, 0.15) is 9.84 Å². The van der Waals surface area contributed by atoms with E-state index in [1.165, 1.54) is 5.56 Å². The minimum Gasteiger partial charge on any atom is -0.309 e. The second-order valence-electron chi connectivity index (χ2n) is 5.29. The Morgan fingerprint density at radius 1 is 1.29 bits per heavy atom. The molecule has 0 aliphatic rings. The molecule has 0 radical (unpaired) electrons. The molecule has 1 heterocycles. The van der Waals surface area contributed by atoms with Crippen LogP contribution in [0, 0.1) is 0 Å². The molecule has 0 aliphatic carbocycles. The second kappa shape index (κ2) is 9.15. The number of aryl methyl sites for hydroxylation is 1. The predicted molar refractivity (Wildman–Crippen MR) is 88.2 cm³/mol. The van der Waals surface area contributed by atoms with E-state index >= 15 is 0 Å². The molecule has 1 N–H and O–H groups in total. The summed E-state index contributed by atoms with van der Waals surface area (Å²) in [5, 5.41) is 3.51. The van der Waals surface area contributed by atoms with Crippen molar-refractivity contribution in [3.05, 3.63) is 29.6 Å². The van der Waals surface area contributed by atoms with Gasteiger partial charge in [-0.05, 0) is 43.9 Å². The summed E-state index contributed by atoms with van der Waals surface area (Å²) in [5.41, 5.74) is 2.31. The molecule has 0 fully saturated rings. The first-order valence-electron chi connectivity index (χ1n) is 7.91. The van der Waals surface area contributed by atoms with Crippen LogP contribution in [0.15, 0.2) is 18.3 Å². The van der Waals surface area contributed by atoms with Crippen LogP contribution in [-0.2, 0) is 16.3 Å². The highest BCUT2D eigenvalue weighted by molar-refractivity contribution is 7.91. The Hall–Kier alpha value is -0.940. The lowest BCUT2D eigenvalue weighted by molar-refractivity contribution is 0.479. The van der Waals surface area contributed by atoms with Gasteiger partial charge < -0.3 is 5.32 Å². The van der Waals surface area contributed by atoms with Gasteiger partial charge >= 0.3 is 0 Å². The summed E-state index contributed by atoms with van der Waals surface area (Å²) in [6.45, 7) is 6.88. The van der Waals surface area contributed by atoms with Gasteiger partial charge in [0.25, 0.3) is 0 Å². The Morgan fingerprint density at radius 2 is 2.05 bits per heavy atom. The molecular weight excluding hydrogens is 284 g/mol. The van der Waals surface area contributed by atoms with E-state index in [1.54, 1.807) is 6.92 Å². The Balaban J connectivity index is 2.76. The third kappa shape index (κ3) is 6.14. The fraction of sp³-hybridized carbons (Fsp3) is 0.688. The Bertz CT molecular complexity index is 515. The van der Waals surface area contributed by atoms with Crippen molar-refractivity contribution >= 4 is 9.84 Å². The molecule has 1 atom stereocenters. The molecule has 0 saturated carbocycles. The van der Waals surface area contributed by atoms with Crippen LogP contribution in [0.3, 0.4) is 0 Å². The summed E-state index contributed by atoms with van der Waals surface area (Å²) < 4.78 is 23.2. The molecule has 0 amide bonds. The number of aromatic nitrogens is 1. The van der Waals surface area contributed by atoms with E-state index in [-0.39, 0.29) is 17.5 Å². The van der Waals surface area contributed by atoms with Gasteiger partial charge in [0.2, 0.25) is 0 Å². The summed E-state index contributed by atoms with van der Waals surface area (Å²) in [5.74, 6) is 0.492. The van der Waals surface area contributed by atoms with E-state index in [1.807, 2.05) is 12.3 Å². The van der Waals surface area contributed by atoms with Crippen LogP contribution in [0.2, 0.25) is 0 Å². The van der Waals surface area contributed by atoms with Crippen molar-refractivity contribution in [1.29, 1.82) is 0 Å². The van der Waals surface area contributed by atoms with Crippen molar-refractivity contribution in [1.82, 2.24) is 10.3 Å². The van der Waals surface area contributed by atoms with Crippen molar-refractivity contribution in [2.75, 3.05) is 18.1 Å². The molecule has 0 aliphatic heterocycles. The first-order valence-corrected chi connectivity index (χ1v) is 9.73. The van der Waals surface area contributed by atoms with Crippen LogP contribution in [0.5, 0.6) is 0 Å². The lowest BCUT2D eigenvalue weighted by atomic mass is 10.0. The lowest BCUT2D eigenvalue weighted by Crippen LogP contribution is -2.25. The number of rotatable bonds is 10. The molecule has 5 heteroatoms. The molecule has 0 aromatic carbocycles. The highest BCUT2D eigenvalue weighted by Gasteiger charge is 2.16. The molecule has 0 saturated heterocycles. The summed E-state index contributed by atoms with van der Waals surface area (Å²) in [6, 6.07) is 4.21. The summed E-state index contributed by atoms with van der Waals surface area (Å²) >= 11 is 0. The van der Waals surface area contributed by atoms with E-state index in [9.17, 15) is 8.42 Å². The number of pyridine rings is 1. The van der Waals surface area contributed by atoms with E-state index in [0.717, 1.165) is 31.5 Å². The second-order valence-corrected chi connectivity index (χ2v) is 7.76. The van der Waals surface area contributed by atoms with Gasteiger partial charge in [0.15, 0.2) is 0 Å². The minimum absolute atomic E-state index is 0.146. The minimum atomic E-state index is -2.88. The van der Waals surface area contributed by atoms with Crippen LogP contribution in [0.4, 0.5) is 0 Å². The van der Waals surface area contributed by atoms with Crippen molar-refractivity contribution in [2.45, 2.75) is 52.5 Å². The molecule has 120 valence electrons. The number of nitrogens with zero attached hydrogens (tertiary/aromatic N) is 1. The third-order valence-electron chi connectivity index (χ3n) is 3.67. The van der Waals surface area contributed by atoms with Gasteiger partial charge in [0, 0.05) is 18.0 Å². The average molecular weight is 312 g/mol. The van der Waals surface area contributed by atoms with E-state index in [4.69, 9.17) is 0 Å². The van der Waals surface area contributed by atoms with Gasteiger partial charge in [-0.25, -0.2) is 8.42 Å². The number of hydrogen-bond acceptors (Lipinski definition) is 4. The normalized spacial score (nSPS) is 13.3. The van der Waals surface area contributed by atoms with Gasteiger partial charge in [-0.1, -0.05) is 26.8 Å². The summed E-state index contributed by atoms with van der Waals surface area (Å²) in [6.07, 6.45) is 5.30. The van der Waals surface area contributed by atoms with Crippen LogP contribution in [-0.4, -0.2) is 31.5 Å². The van der Waals surface area contributed by atoms with Crippen molar-refractivity contribution in [3.8, 4) is 0 Å². The van der Waals surface area contributed by atoms with Crippen LogP contribution in [0.1, 0.15) is 57.3 Å². The fourth-order valence-electron chi connectivity index (χ4n) is 2.37. The number of sulfone groups is 1. The van der Waals surface area contributed by atoms with E-state index in [2.05, 4.69) is 30.2 Å². The highest BCUT2D eigenvalue weighted by atomic mass is 32.2. The number of hydrogen-bond donors (Lipinski definition) is 1. The first-order chi connectivity index (χ1) is 10.0. The lowest BCUT2D eigenvalue weighted by Gasteiger charge is -2.20. The standard InChI is InChI=1S/C16H28N2O2S/c1-4-11-17-15(10-8-13-21(19,20)6-3)16-14(5-2)9-7-12-18-16/h7,9,12,15,17H,4-6,8,10-11,13H2,1-3H3. The summed E-state index contributed by atoms with van der Waals surface area (Å²) in [7, 11) is -2.88. The molecule has 1 unspecified atom stereocenters. The molecule has 4 nitrogen and oxygen atoms in total. The van der Waals surface area contributed by atoms with E-state index < -0.39 is 9.84 Å². The van der Waals surface area contributed by atoms with Crippen molar-refractivity contribution < 1.29 is 8.42 Å². The quantitative estimate of drug-likeness (QED) is 0.721. The van der Waals surface area contributed by atoms with Crippen molar-refractivity contribution in [2.24, 2.45) is 0 Å². The van der Waals surface area contributed by atoms with Crippen LogP contribution < -0.4 is 5.32 Å². The molecule has 1 aromatic rings. The number of nitrogens with one attached hydrogen (secondary N) is 1. The zero-order chi connectivity index (χ0) is 15.7. The zero-order valence-corrected chi connectivity index (χ0v) is 14.2. The summed E-state index contributed by atoms with van der Waals surface area (Å²) in [4.78, 5) is 4.53. The van der Waals surface area contributed by atoms with Gasteiger partial charge in [-0.2, -0.15) is 0 Å². The molecular formula is C16H28N2O2S. The Kier molecular flexibility index (Phi) is 7.89. The van der Waals surface area contributed by atoms with E-state index in [0.29, 0.717) is 6.42 Å². The maximum absolute atomic E-state index is 11.6. The molecule has 0 spiro atoms. The van der Waals surface area contributed by atoms with Crippen LogP contribution in [0.25, 0.3) is 0 Å². The monoisotopic (exact) mass is 312 g/mol. The molecule has 0 bridgehead atoms. The Morgan fingerprint density at radius 3 is 2.67 bits per heavy atom. The topological polar surface area (TPSA) is 59.1 Å². The van der Waals surface area contributed by atoms with Gasteiger partial charge in [-0.15, -0.1) is 0 Å². The molecule has 21 heavy (non-hydrogen) atoms. The first kappa shape index (κ1) is 18.1. The van der Waals surface area contributed by atoms with Crippen LogP contribution >= 0.6 is 0 Å². The molecule has 1 aromatic heterocycles.